The molecule has 0 aromatic heterocycles. The van der Waals surface area contributed by atoms with Crippen LogP contribution in [0, 0.1) is 28.9 Å². The van der Waals surface area contributed by atoms with Crippen molar-refractivity contribution < 1.29 is 8.78 Å². The highest BCUT2D eigenvalue weighted by atomic mass is 19.1. The summed E-state index contributed by atoms with van der Waals surface area (Å²) in [6, 6.07) is 3.77. The minimum atomic E-state index is -0.377. The SMILES string of the molecule is CC(C)(C)C1CCC(N)C(Cc2cc(F)ccc2F)C1. The smallest absolute Gasteiger partial charge is 0.126 e. The molecule has 0 radical (unpaired) electrons. The molecule has 2 N–H and O–H groups in total. The van der Waals surface area contributed by atoms with Crippen LogP contribution in [0.1, 0.15) is 45.6 Å². The van der Waals surface area contributed by atoms with Gasteiger partial charge in [-0.15, -0.1) is 0 Å². The summed E-state index contributed by atoms with van der Waals surface area (Å²) in [5.74, 6) is 0.142. The van der Waals surface area contributed by atoms with Gasteiger partial charge < -0.3 is 5.73 Å². The third kappa shape index (κ3) is 3.57. The highest BCUT2D eigenvalue weighted by molar-refractivity contribution is 5.19. The molecule has 0 heterocycles. The first kappa shape index (κ1) is 15.4. The Labute approximate surface area is 120 Å². The molecule has 0 aliphatic heterocycles. The number of rotatable bonds is 2. The second-order valence-corrected chi connectivity index (χ2v) is 7.24. The molecule has 3 heteroatoms. The maximum atomic E-state index is 13.8. The Morgan fingerprint density at radius 2 is 1.90 bits per heavy atom. The molecule has 0 amide bonds. The van der Waals surface area contributed by atoms with Gasteiger partial charge in [-0.1, -0.05) is 20.8 Å². The Morgan fingerprint density at radius 3 is 2.55 bits per heavy atom. The van der Waals surface area contributed by atoms with Crippen molar-refractivity contribution in [1.29, 1.82) is 0 Å². The summed E-state index contributed by atoms with van der Waals surface area (Å²) in [4.78, 5) is 0. The molecule has 2 rings (SSSR count). The molecule has 3 atom stereocenters. The fourth-order valence-corrected chi connectivity index (χ4v) is 3.29. The van der Waals surface area contributed by atoms with Crippen molar-refractivity contribution in [2.75, 3.05) is 0 Å². The molecule has 1 aliphatic rings. The van der Waals surface area contributed by atoms with Gasteiger partial charge in [0, 0.05) is 6.04 Å². The zero-order valence-electron chi connectivity index (χ0n) is 12.6. The van der Waals surface area contributed by atoms with Gasteiger partial charge in [0.25, 0.3) is 0 Å². The average molecular weight is 281 g/mol. The topological polar surface area (TPSA) is 26.0 Å². The van der Waals surface area contributed by atoms with E-state index in [9.17, 15) is 8.78 Å². The van der Waals surface area contributed by atoms with Crippen LogP contribution in [-0.2, 0) is 6.42 Å². The number of nitrogens with two attached hydrogens (primary N) is 1. The van der Waals surface area contributed by atoms with Crippen LogP contribution in [0.25, 0.3) is 0 Å². The van der Waals surface area contributed by atoms with Gasteiger partial charge in [0.1, 0.15) is 11.6 Å². The lowest BCUT2D eigenvalue weighted by molar-refractivity contribution is 0.126. The molecule has 1 fully saturated rings. The van der Waals surface area contributed by atoms with E-state index in [0.29, 0.717) is 17.9 Å². The molecule has 1 aliphatic carbocycles. The Bertz CT molecular complexity index is 465. The third-order valence-corrected chi connectivity index (χ3v) is 4.76. The molecule has 1 aromatic rings. The second kappa shape index (κ2) is 5.80. The van der Waals surface area contributed by atoms with Crippen molar-refractivity contribution in [3.05, 3.63) is 35.4 Å². The van der Waals surface area contributed by atoms with Crippen LogP contribution in [0.5, 0.6) is 0 Å². The summed E-state index contributed by atoms with van der Waals surface area (Å²) in [7, 11) is 0. The molecule has 0 bridgehead atoms. The zero-order valence-corrected chi connectivity index (χ0v) is 12.6. The van der Waals surface area contributed by atoms with E-state index in [2.05, 4.69) is 20.8 Å². The lowest BCUT2D eigenvalue weighted by Gasteiger charge is -2.40. The lowest BCUT2D eigenvalue weighted by atomic mass is 9.66. The van der Waals surface area contributed by atoms with Gasteiger partial charge in [0.2, 0.25) is 0 Å². The van der Waals surface area contributed by atoms with E-state index in [1.54, 1.807) is 0 Å². The Kier molecular flexibility index (Phi) is 4.48. The monoisotopic (exact) mass is 281 g/mol. The number of halogens is 2. The Hall–Kier alpha value is -0.960. The van der Waals surface area contributed by atoms with E-state index in [4.69, 9.17) is 5.73 Å². The highest BCUT2D eigenvalue weighted by Gasteiger charge is 2.34. The minimum absolute atomic E-state index is 0.0938. The molecule has 1 aromatic carbocycles. The maximum Gasteiger partial charge on any atom is 0.126 e. The molecule has 0 spiro atoms. The summed E-state index contributed by atoms with van der Waals surface area (Å²) in [5.41, 5.74) is 6.91. The molecular formula is C17H25F2N. The lowest BCUT2D eigenvalue weighted by Crippen LogP contribution is -2.40. The van der Waals surface area contributed by atoms with Crippen LogP contribution in [0.15, 0.2) is 18.2 Å². The Morgan fingerprint density at radius 1 is 1.20 bits per heavy atom. The van der Waals surface area contributed by atoms with Crippen LogP contribution in [0.4, 0.5) is 8.78 Å². The fraction of sp³-hybridized carbons (Fsp3) is 0.647. The summed E-state index contributed by atoms with van der Waals surface area (Å²) < 4.78 is 27.0. The van der Waals surface area contributed by atoms with Crippen molar-refractivity contribution >= 4 is 0 Å². The van der Waals surface area contributed by atoms with Gasteiger partial charge in [-0.3, -0.25) is 0 Å². The molecule has 1 saturated carbocycles. The van der Waals surface area contributed by atoms with Crippen molar-refractivity contribution in [3.8, 4) is 0 Å². The van der Waals surface area contributed by atoms with Gasteiger partial charge in [0.05, 0.1) is 0 Å². The standard InChI is InChI=1S/C17H25F2N/c1-17(2,3)13-4-7-16(20)12(9-13)8-11-10-14(18)5-6-15(11)19/h5-6,10,12-13,16H,4,7-9,20H2,1-3H3. The Balaban J connectivity index is 2.12. The quantitative estimate of drug-likeness (QED) is 0.859. The molecule has 3 unspecified atom stereocenters. The van der Waals surface area contributed by atoms with Crippen molar-refractivity contribution in [1.82, 2.24) is 0 Å². The first-order valence-electron chi connectivity index (χ1n) is 7.47. The van der Waals surface area contributed by atoms with E-state index >= 15 is 0 Å². The number of benzene rings is 1. The first-order valence-corrected chi connectivity index (χ1v) is 7.47. The van der Waals surface area contributed by atoms with Gasteiger partial charge >= 0.3 is 0 Å². The minimum Gasteiger partial charge on any atom is -0.327 e. The average Bonchev–Trinajstić information content (AvgIpc) is 2.35. The molecular weight excluding hydrogens is 256 g/mol. The largest absolute Gasteiger partial charge is 0.327 e. The van der Waals surface area contributed by atoms with E-state index in [0.717, 1.165) is 25.3 Å². The zero-order chi connectivity index (χ0) is 14.9. The van der Waals surface area contributed by atoms with Crippen LogP contribution < -0.4 is 5.73 Å². The summed E-state index contributed by atoms with van der Waals surface area (Å²) in [6.45, 7) is 6.73. The van der Waals surface area contributed by atoms with E-state index < -0.39 is 0 Å². The molecule has 1 nitrogen and oxygen atoms in total. The van der Waals surface area contributed by atoms with E-state index in [1.807, 2.05) is 0 Å². The van der Waals surface area contributed by atoms with Gasteiger partial charge in [0.15, 0.2) is 0 Å². The van der Waals surface area contributed by atoms with E-state index in [-0.39, 0.29) is 29.0 Å². The van der Waals surface area contributed by atoms with Crippen molar-refractivity contribution in [2.24, 2.45) is 23.0 Å². The van der Waals surface area contributed by atoms with Gasteiger partial charge in [-0.05, 0) is 66.7 Å². The summed E-state index contributed by atoms with van der Waals surface area (Å²) in [5, 5.41) is 0. The number of hydrogen-bond donors (Lipinski definition) is 1. The van der Waals surface area contributed by atoms with Crippen molar-refractivity contribution in [3.63, 3.8) is 0 Å². The van der Waals surface area contributed by atoms with E-state index in [1.165, 1.54) is 12.1 Å². The third-order valence-electron chi connectivity index (χ3n) is 4.76. The van der Waals surface area contributed by atoms with Crippen LogP contribution >= 0.6 is 0 Å². The van der Waals surface area contributed by atoms with Gasteiger partial charge in [-0.2, -0.15) is 0 Å². The van der Waals surface area contributed by atoms with Crippen LogP contribution in [0.2, 0.25) is 0 Å². The fourth-order valence-electron chi connectivity index (χ4n) is 3.29. The van der Waals surface area contributed by atoms with Gasteiger partial charge in [-0.25, -0.2) is 8.78 Å². The van der Waals surface area contributed by atoms with Crippen molar-refractivity contribution in [2.45, 2.75) is 52.5 Å². The summed E-state index contributed by atoms with van der Waals surface area (Å²) in [6.07, 6.45) is 3.65. The predicted molar refractivity (Wildman–Crippen MR) is 78.3 cm³/mol. The normalized spacial score (nSPS) is 27.6. The van der Waals surface area contributed by atoms with Crippen LogP contribution in [0.3, 0.4) is 0 Å². The summed E-state index contributed by atoms with van der Waals surface area (Å²) >= 11 is 0. The predicted octanol–water partition coefficient (Wildman–Crippen LogP) is 4.30. The molecule has 20 heavy (non-hydrogen) atoms. The van der Waals surface area contributed by atoms with Crippen LogP contribution in [-0.4, -0.2) is 6.04 Å². The highest BCUT2D eigenvalue weighted by Crippen LogP contribution is 2.41. The maximum absolute atomic E-state index is 13.8. The molecule has 112 valence electrons. The molecule has 0 saturated heterocycles. The second-order valence-electron chi connectivity index (χ2n) is 7.24. The number of hydrogen-bond acceptors (Lipinski definition) is 1. The first-order chi connectivity index (χ1) is 9.27.